The maximum atomic E-state index is 12.7. The Kier molecular flexibility index (Phi) is 4.04. The second kappa shape index (κ2) is 5.81. The van der Waals surface area contributed by atoms with E-state index in [0.717, 1.165) is 40.4 Å². The lowest BCUT2D eigenvalue weighted by Crippen LogP contribution is -2.41. The van der Waals surface area contributed by atoms with Gasteiger partial charge in [0.25, 0.3) is 5.91 Å². The summed E-state index contributed by atoms with van der Waals surface area (Å²) in [5.74, 6) is 0.529. The van der Waals surface area contributed by atoms with Crippen LogP contribution in [0, 0.1) is 12.8 Å². The summed E-state index contributed by atoms with van der Waals surface area (Å²) in [6.45, 7) is 3.39. The van der Waals surface area contributed by atoms with Gasteiger partial charge < -0.3 is 14.4 Å². The third-order valence-electron chi connectivity index (χ3n) is 4.16. The predicted octanol–water partition coefficient (Wildman–Crippen LogP) is 3.35. The van der Waals surface area contributed by atoms with Gasteiger partial charge in [0.05, 0.1) is 0 Å². The van der Waals surface area contributed by atoms with Gasteiger partial charge in [-0.05, 0) is 43.9 Å². The monoisotopic (exact) mass is 351 g/mol. The average molecular weight is 352 g/mol. The van der Waals surface area contributed by atoms with Crippen molar-refractivity contribution in [2.24, 2.45) is 5.92 Å². The number of fused-ring (bicyclic) bond motifs is 1. The molecule has 1 amide bonds. The first-order valence-corrected chi connectivity index (χ1v) is 7.98. The molecule has 1 saturated heterocycles. The van der Waals surface area contributed by atoms with Gasteiger partial charge in [0.2, 0.25) is 0 Å². The Labute approximate surface area is 131 Å². The number of hydrogen-bond acceptors (Lipinski definition) is 3. The fraction of sp³-hybridized carbons (Fsp3) is 0.438. The summed E-state index contributed by atoms with van der Waals surface area (Å²) in [5, 5.41) is 10.3. The van der Waals surface area contributed by atoms with Crippen molar-refractivity contribution >= 4 is 32.8 Å². The molecule has 0 saturated carbocycles. The van der Waals surface area contributed by atoms with Crippen LogP contribution in [0.15, 0.2) is 27.1 Å². The molecule has 3 rings (SSSR count). The van der Waals surface area contributed by atoms with Gasteiger partial charge in [0.1, 0.15) is 5.58 Å². The van der Waals surface area contributed by atoms with Crippen LogP contribution in [0.3, 0.4) is 0 Å². The Morgan fingerprint density at radius 2 is 2.33 bits per heavy atom. The molecule has 1 atom stereocenters. The zero-order valence-corrected chi connectivity index (χ0v) is 13.5. The summed E-state index contributed by atoms with van der Waals surface area (Å²) in [6, 6.07) is 5.75. The van der Waals surface area contributed by atoms with Crippen LogP contribution in [0.25, 0.3) is 11.0 Å². The molecule has 1 fully saturated rings. The number of hydrogen-bond donors (Lipinski definition) is 1. The Balaban J connectivity index is 1.92. The number of rotatable bonds is 2. The molecule has 1 aromatic carbocycles. The Morgan fingerprint density at radius 1 is 1.52 bits per heavy atom. The molecule has 2 aromatic rings. The number of aliphatic hydroxyl groups excluding tert-OH is 1. The number of benzene rings is 1. The van der Waals surface area contributed by atoms with E-state index in [2.05, 4.69) is 15.9 Å². The lowest BCUT2D eigenvalue weighted by atomic mass is 9.98. The van der Waals surface area contributed by atoms with E-state index in [1.165, 1.54) is 0 Å². The highest BCUT2D eigenvalue weighted by Gasteiger charge is 2.27. The molecule has 4 nitrogen and oxygen atoms in total. The van der Waals surface area contributed by atoms with Crippen molar-refractivity contribution in [1.29, 1.82) is 0 Å². The molecule has 0 bridgehead atoms. The quantitative estimate of drug-likeness (QED) is 0.902. The molecule has 0 radical (unpaired) electrons. The summed E-state index contributed by atoms with van der Waals surface area (Å²) in [6.07, 6.45) is 1.91. The number of nitrogens with zero attached hydrogens (tertiary/aromatic N) is 1. The average Bonchev–Trinajstić information content (AvgIpc) is 2.83. The molecule has 1 aliphatic heterocycles. The second-order valence-electron chi connectivity index (χ2n) is 5.64. The van der Waals surface area contributed by atoms with Crippen molar-refractivity contribution in [2.45, 2.75) is 19.8 Å². The largest absolute Gasteiger partial charge is 0.451 e. The zero-order valence-electron chi connectivity index (χ0n) is 11.9. The molecule has 21 heavy (non-hydrogen) atoms. The second-order valence-corrected chi connectivity index (χ2v) is 6.55. The summed E-state index contributed by atoms with van der Waals surface area (Å²) in [4.78, 5) is 14.5. The van der Waals surface area contributed by atoms with Crippen LogP contribution in [0.1, 0.15) is 29.0 Å². The van der Waals surface area contributed by atoms with E-state index in [1.54, 1.807) is 4.90 Å². The van der Waals surface area contributed by atoms with E-state index in [4.69, 9.17) is 4.42 Å². The number of furan rings is 1. The fourth-order valence-corrected chi connectivity index (χ4v) is 3.30. The Hall–Kier alpha value is -1.33. The number of amides is 1. The van der Waals surface area contributed by atoms with Gasteiger partial charge >= 0.3 is 0 Å². The number of aryl methyl sites for hydroxylation is 1. The van der Waals surface area contributed by atoms with Crippen LogP contribution < -0.4 is 0 Å². The van der Waals surface area contributed by atoms with Crippen molar-refractivity contribution in [3.63, 3.8) is 0 Å². The summed E-state index contributed by atoms with van der Waals surface area (Å²) in [7, 11) is 0. The first-order valence-electron chi connectivity index (χ1n) is 7.19. The number of aliphatic hydroxyl groups is 1. The van der Waals surface area contributed by atoms with Crippen LogP contribution in [0.4, 0.5) is 0 Å². The van der Waals surface area contributed by atoms with Crippen molar-refractivity contribution in [3.8, 4) is 0 Å². The zero-order chi connectivity index (χ0) is 15.0. The van der Waals surface area contributed by atoms with Crippen LogP contribution >= 0.6 is 15.9 Å². The molecule has 112 valence electrons. The molecule has 1 N–H and O–H groups in total. The molecular weight excluding hydrogens is 334 g/mol. The topological polar surface area (TPSA) is 53.7 Å². The maximum Gasteiger partial charge on any atom is 0.289 e. The van der Waals surface area contributed by atoms with Crippen molar-refractivity contribution in [2.75, 3.05) is 19.7 Å². The van der Waals surface area contributed by atoms with Crippen molar-refractivity contribution in [1.82, 2.24) is 4.90 Å². The highest BCUT2D eigenvalue weighted by atomic mass is 79.9. The van der Waals surface area contributed by atoms with E-state index in [-0.39, 0.29) is 18.4 Å². The van der Waals surface area contributed by atoms with Gasteiger partial charge in [0, 0.05) is 35.1 Å². The van der Waals surface area contributed by atoms with Crippen LogP contribution in [-0.2, 0) is 0 Å². The Bertz CT molecular complexity index is 679. The van der Waals surface area contributed by atoms with Crippen LogP contribution in [0.2, 0.25) is 0 Å². The Morgan fingerprint density at radius 3 is 3.10 bits per heavy atom. The minimum atomic E-state index is -0.0713. The van der Waals surface area contributed by atoms with Gasteiger partial charge in [-0.3, -0.25) is 4.79 Å². The number of likely N-dealkylation sites (tertiary alicyclic amines) is 1. The molecule has 1 unspecified atom stereocenters. The van der Waals surface area contributed by atoms with Gasteiger partial charge in [-0.25, -0.2) is 0 Å². The predicted molar refractivity (Wildman–Crippen MR) is 84.4 cm³/mol. The van der Waals surface area contributed by atoms with Gasteiger partial charge in [-0.15, -0.1) is 0 Å². The normalized spacial score (nSPS) is 19.2. The minimum Gasteiger partial charge on any atom is -0.451 e. The lowest BCUT2D eigenvalue weighted by Gasteiger charge is -2.31. The van der Waals surface area contributed by atoms with E-state index >= 15 is 0 Å². The van der Waals surface area contributed by atoms with E-state index in [9.17, 15) is 9.90 Å². The van der Waals surface area contributed by atoms with Gasteiger partial charge in [0.15, 0.2) is 5.76 Å². The standard InChI is InChI=1S/C16H18BrNO3/c1-10-13-7-12(17)4-5-14(13)21-15(10)16(20)18-6-2-3-11(8-18)9-19/h4-5,7,11,19H,2-3,6,8-9H2,1H3. The molecule has 2 heterocycles. The van der Waals surface area contributed by atoms with Crippen LogP contribution in [-0.4, -0.2) is 35.6 Å². The molecule has 0 aliphatic carbocycles. The fourth-order valence-electron chi connectivity index (χ4n) is 2.94. The van der Waals surface area contributed by atoms with Gasteiger partial charge in [-0.2, -0.15) is 0 Å². The molecule has 5 heteroatoms. The number of piperidine rings is 1. The summed E-state index contributed by atoms with van der Waals surface area (Å²) in [5.41, 5.74) is 1.61. The van der Waals surface area contributed by atoms with E-state index in [0.29, 0.717) is 12.3 Å². The van der Waals surface area contributed by atoms with Gasteiger partial charge in [-0.1, -0.05) is 15.9 Å². The number of carbonyl (C=O) groups excluding carboxylic acids is 1. The highest BCUT2D eigenvalue weighted by molar-refractivity contribution is 9.10. The smallest absolute Gasteiger partial charge is 0.289 e. The highest BCUT2D eigenvalue weighted by Crippen LogP contribution is 2.29. The van der Waals surface area contributed by atoms with Crippen LogP contribution in [0.5, 0.6) is 0 Å². The minimum absolute atomic E-state index is 0.0713. The molecular formula is C16H18BrNO3. The first-order chi connectivity index (χ1) is 10.1. The molecule has 0 spiro atoms. The van der Waals surface area contributed by atoms with E-state index in [1.807, 2.05) is 25.1 Å². The van der Waals surface area contributed by atoms with Crippen molar-refractivity contribution in [3.05, 3.63) is 34.0 Å². The molecule has 1 aromatic heterocycles. The van der Waals surface area contributed by atoms with E-state index < -0.39 is 0 Å². The first kappa shape index (κ1) is 14.6. The third kappa shape index (κ3) is 2.72. The molecule has 1 aliphatic rings. The number of halogens is 1. The third-order valence-corrected chi connectivity index (χ3v) is 4.65. The summed E-state index contributed by atoms with van der Waals surface area (Å²) < 4.78 is 6.73. The maximum absolute atomic E-state index is 12.7. The summed E-state index contributed by atoms with van der Waals surface area (Å²) >= 11 is 3.44. The lowest BCUT2D eigenvalue weighted by molar-refractivity contribution is 0.0591. The number of carbonyl (C=O) groups is 1. The van der Waals surface area contributed by atoms with Crippen molar-refractivity contribution < 1.29 is 14.3 Å². The SMILES string of the molecule is Cc1c(C(=O)N2CCCC(CO)C2)oc2ccc(Br)cc12.